The molecule has 0 spiro atoms. The molecule has 5 heteroatoms. The highest BCUT2D eigenvalue weighted by atomic mass is 16.5. The van der Waals surface area contributed by atoms with Crippen LogP contribution in [0.5, 0.6) is 0 Å². The quantitative estimate of drug-likeness (QED) is 0.675. The molecule has 1 rings (SSSR count). The molecular formula is C12H21NO4. The Morgan fingerprint density at radius 1 is 1.35 bits per heavy atom. The zero-order valence-corrected chi connectivity index (χ0v) is 10.6. The van der Waals surface area contributed by atoms with Crippen molar-refractivity contribution in [1.82, 2.24) is 4.90 Å². The highest BCUT2D eigenvalue weighted by Crippen LogP contribution is 2.10. The van der Waals surface area contributed by atoms with Crippen LogP contribution in [-0.4, -0.2) is 49.2 Å². The van der Waals surface area contributed by atoms with E-state index in [0.29, 0.717) is 26.3 Å². The molecule has 5 nitrogen and oxygen atoms in total. The standard InChI is InChI=1S/C12H21NO4/c1-3-10-9-13(7-8-17-10)11(14)5-6-12(15)16-4-2/h10H,3-9H2,1-2H3. The van der Waals surface area contributed by atoms with Gasteiger partial charge in [0, 0.05) is 19.5 Å². The maximum Gasteiger partial charge on any atom is 0.306 e. The number of rotatable bonds is 5. The van der Waals surface area contributed by atoms with Crippen LogP contribution in [0.25, 0.3) is 0 Å². The monoisotopic (exact) mass is 243 g/mol. The number of morpholine rings is 1. The van der Waals surface area contributed by atoms with Crippen LogP contribution in [0.15, 0.2) is 0 Å². The first kappa shape index (κ1) is 14.0. The van der Waals surface area contributed by atoms with Crippen molar-refractivity contribution < 1.29 is 19.1 Å². The summed E-state index contributed by atoms with van der Waals surface area (Å²) < 4.78 is 10.3. The van der Waals surface area contributed by atoms with Gasteiger partial charge in [-0.25, -0.2) is 0 Å². The van der Waals surface area contributed by atoms with Crippen molar-refractivity contribution in [2.24, 2.45) is 0 Å². The number of hydrogen-bond donors (Lipinski definition) is 0. The van der Waals surface area contributed by atoms with Crippen molar-refractivity contribution >= 4 is 11.9 Å². The summed E-state index contributed by atoms with van der Waals surface area (Å²) in [6, 6.07) is 0. The van der Waals surface area contributed by atoms with Crippen LogP contribution >= 0.6 is 0 Å². The lowest BCUT2D eigenvalue weighted by Crippen LogP contribution is -2.45. The highest BCUT2D eigenvalue weighted by Gasteiger charge is 2.23. The Hall–Kier alpha value is -1.10. The molecule has 0 bridgehead atoms. The molecule has 0 aromatic heterocycles. The van der Waals surface area contributed by atoms with E-state index in [4.69, 9.17) is 9.47 Å². The molecule has 0 aromatic rings. The summed E-state index contributed by atoms with van der Waals surface area (Å²) in [7, 11) is 0. The van der Waals surface area contributed by atoms with Crippen LogP contribution < -0.4 is 0 Å². The second-order valence-corrected chi connectivity index (χ2v) is 4.05. The minimum absolute atomic E-state index is 0.0137. The highest BCUT2D eigenvalue weighted by molar-refractivity contribution is 5.81. The van der Waals surface area contributed by atoms with E-state index in [1.807, 2.05) is 6.92 Å². The van der Waals surface area contributed by atoms with E-state index in [1.54, 1.807) is 11.8 Å². The summed E-state index contributed by atoms with van der Waals surface area (Å²) in [5.74, 6) is -0.291. The van der Waals surface area contributed by atoms with E-state index < -0.39 is 0 Å². The lowest BCUT2D eigenvalue weighted by Gasteiger charge is -2.32. The topological polar surface area (TPSA) is 55.8 Å². The molecule has 1 fully saturated rings. The Morgan fingerprint density at radius 3 is 2.76 bits per heavy atom. The third kappa shape index (κ3) is 4.73. The van der Waals surface area contributed by atoms with Gasteiger partial charge in [-0.2, -0.15) is 0 Å². The Morgan fingerprint density at radius 2 is 2.12 bits per heavy atom. The van der Waals surface area contributed by atoms with Crippen molar-refractivity contribution in [3.63, 3.8) is 0 Å². The van der Waals surface area contributed by atoms with Crippen LogP contribution in [0.3, 0.4) is 0 Å². The van der Waals surface area contributed by atoms with Crippen molar-refractivity contribution in [1.29, 1.82) is 0 Å². The largest absolute Gasteiger partial charge is 0.466 e. The number of esters is 1. The Labute approximate surface area is 102 Å². The van der Waals surface area contributed by atoms with Gasteiger partial charge in [0.1, 0.15) is 0 Å². The normalized spacial score (nSPS) is 20.1. The fourth-order valence-electron chi connectivity index (χ4n) is 1.79. The average Bonchev–Trinajstić information content (AvgIpc) is 2.36. The summed E-state index contributed by atoms with van der Waals surface area (Å²) in [4.78, 5) is 24.7. The van der Waals surface area contributed by atoms with E-state index in [9.17, 15) is 9.59 Å². The van der Waals surface area contributed by atoms with Crippen molar-refractivity contribution in [2.45, 2.75) is 39.2 Å². The third-order valence-corrected chi connectivity index (χ3v) is 2.80. The van der Waals surface area contributed by atoms with Crippen LogP contribution in [0.4, 0.5) is 0 Å². The van der Waals surface area contributed by atoms with Gasteiger partial charge in [0.2, 0.25) is 5.91 Å². The molecule has 1 atom stereocenters. The van der Waals surface area contributed by atoms with Gasteiger partial charge in [-0.1, -0.05) is 6.92 Å². The summed E-state index contributed by atoms with van der Waals surface area (Å²) in [6.07, 6.45) is 1.44. The molecule has 17 heavy (non-hydrogen) atoms. The number of amides is 1. The lowest BCUT2D eigenvalue weighted by molar-refractivity contribution is -0.147. The molecule has 0 aliphatic carbocycles. The number of carbonyl (C=O) groups is 2. The van der Waals surface area contributed by atoms with Gasteiger partial charge >= 0.3 is 5.97 Å². The number of nitrogens with zero attached hydrogens (tertiary/aromatic N) is 1. The van der Waals surface area contributed by atoms with Crippen LogP contribution in [0.2, 0.25) is 0 Å². The number of carbonyl (C=O) groups excluding carboxylic acids is 2. The minimum atomic E-state index is -0.304. The molecule has 1 amide bonds. The van der Waals surface area contributed by atoms with Gasteiger partial charge in [-0.05, 0) is 13.3 Å². The molecule has 0 aromatic carbocycles. The van der Waals surface area contributed by atoms with E-state index in [-0.39, 0.29) is 30.8 Å². The number of ether oxygens (including phenoxy) is 2. The predicted molar refractivity (Wildman–Crippen MR) is 62.5 cm³/mol. The summed E-state index contributed by atoms with van der Waals surface area (Å²) >= 11 is 0. The lowest BCUT2D eigenvalue weighted by atomic mass is 10.2. The average molecular weight is 243 g/mol. The predicted octanol–water partition coefficient (Wildman–Crippen LogP) is 0.967. The molecule has 1 aliphatic rings. The van der Waals surface area contributed by atoms with Gasteiger partial charge in [0.05, 0.1) is 25.7 Å². The molecule has 0 saturated carbocycles. The van der Waals surface area contributed by atoms with Crippen LogP contribution in [0.1, 0.15) is 33.1 Å². The molecule has 1 aliphatic heterocycles. The third-order valence-electron chi connectivity index (χ3n) is 2.80. The minimum Gasteiger partial charge on any atom is -0.466 e. The molecule has 1 unspecified atom stereocenters. The van der Waals surface area contributed by atoms with Gasteiger partial charge < -0.3 is 14.4 Å². The first-order valence-corrected chi connectivity index (χ1v) is 6.22. The van der Waals surface area contributed by atoms with E-state index in [2.05, 4.69) is 0 Å². The zero-order valence-electron chi connectivity index (χ0n) is 10.6. The van der Waals surface area contributed by atoms with Gasteiger partial charge in [-0.15, -0.1) is 0 Å². The van der Waals surface area contributed by atoms with E-state index in [1.165, 1.54) is 0 Å². The Balaban J connectivity index is 2.29. The van der Waals surface area contributed by atoms with Crippen LogP contribution in [0, 0.1) is 0 Å². The summed E-state index contributed by atoms with van der Waals surface area (Å²) in [6.45, 7) is 6.01. The van der Waals surface area contributed by atoms with Crippen molar-refractivity contribution in [3.8, 4) is 0 Å². The molecule has 0 N–H and O–H groups in total. The maximum absolute atomic E-state index is 11.8. The summed E-state index contributed by atoms with van der Waals surface area (Å²) in [5, 5.41) is 0. The van der Waals surface area contributed by atoms with E-state index >= 15 is 0 Å². The molecule has 1 heterocycles. The first-order valence-electron chi connectivity index (χ1n) is 6.22. The van der Waals surface area contributed by atoms with Gasteiger partial charge in [0.25, 0.3) is 0 Å². The van der Waals surface area contributed by atoms with Gasteiger partial charge in [-0.3, -0.25) is 9.59 Å². The molecular weight excluding hydrogens is 222 g/mol. The van der Waals surface area contributed by atoms with Gasteiger partial charge in [0.15, 0.2) is 0 Å². The summed E-state index contributed by atoms with van der Waals surface area (Å²) in [5.41, 5.74) is 0. The smallest absolute Gasteiger partial charge is 0.306 e. The van der Waals surface area contributed by atoms with E-state index in [0.717, 1.165) is 6.42 Å². The number of hydrogen-bond acceptors (Lipinski definition) is 4. The van der Waals surface area contributed by atoms with Crippen molar-refractivity contribution in [3.05, 3.63) is 0 Å². The fourth-order valence-corrected chi connectivity index (χ4v) is 1.79. The first-order chi connectivity index (χ1) is 8.17. The molecule has 98 valence electrons. The molecule has 1 saturated heterocycles. The molecule has 0 radical (unpaired) electrons. The SMILES string of the molecule is CCOC(=O)CCC(=O)N1CCOC(CC)C1. The second-order valence-electron chi connectivity index (χ2n) is 4.05. The fraction of sp³-hybridized carbons (Fsp3) is 0.833. The maximum atomic E-state index is 11.8. The Bertz CT molecular complexity index is 267. The second kappa shape index (κ2) is 7.27. The van der Waals surface area contributed by atoms with Crippen LogP contribution in [-0.2, 0) is 19.1 Å². The van der Waals surface area contributed by atoms with Crippen molar-refractivity contribution in [2.75, 3.05) is 26.3 Å². The zero-order chi connectivity index (χ0) is 12.7. The Kier molecular flexibility index (Phi) is 5.97.